The van der Waals surface area contributed by atoms with Gasteiger partial charge in [0.15, 0.2) is 18.1 Å². The van der Waals surface area contributed by atoms with E-state index in [0.717, 1.165) is 25.1 Å². The lowest BCUT2D eigenvalue weighted by Gasteiger charge is -2.36. The number of anilines is 1. The molecule has 0 saturated carbocycles. The van der Waals surface area contributed by atoms with E-state index in [1.807, 2.05) is 29.2 Å². The summed E-state index contributed by atoms with van der Waals surface area (Å²) in [6.45, 7) is 8.92. The van der Waals surface area contributed by atoms with Crippen LogP contribution in [0.2, 0.25) is 0 Å². The highest BCUT2D eigenvalue weighted by atomic mass is 16.5. The maximum absolute atomic E-state index is 12.6. The standard InChI is InChI=1S/C23H28N2O3/c1-4-6-19-9-10-21(22(16-19)27-3)28-17-23(26)25-13-11-24(12-14-25)20-8-5-7-18(2)15-20/h4-5,7-10,15-16H,1,6,11-14,17H2,2-3H3. The van der Waals surface area contributed by atoms with Crippen molar-refractivity contribution in [2.75, 3.05) is 44.8 Å². The summed E-state index contributed by atoms with van der Waals surface area (Å²) in [6.07, 6.45) is 2.61. The molecule has 1 aliphatic rings. The fraction of sp³-hybridized carbons (Fsp3) is 0.348. The molecular weight excluding hydrogens is 352 g/mol. The van der Waals surface area contributed by atoms with Crippen LogP contribution < -0.4 is 14.4 Å². The molecule has 0 aliphatic carbocycles. The molecular formula is C23H28N2O3. The average Bonchev–Trinajstić information content (AvgIpc) is 2.73. The van der Waals surface area contributed by atoms with Crippen molar-refractivity contribution in [3.63, 3.8) is 0 Å². The van der Waals surface area contributed by atoms with E-state index in [9.17, 15) is 4.79 Å². The summed E-state index contributed by atoms with van der Waals surface area (Å²) < 4.78 is 11.1. The van der Waals surface area contributed by atoms with Crippen molar-refractivity contribution in [2.24, 2.45) is 0 Å². The minimum absolute atomic E-state index is 0.00103. The number of ether oxygens (including phenoxy) is 2. The summed E-state index contributed by atoms with van der Waals surface area (Å²) in [5, 5.41) is 0. The highest BCUT2D eigenvalue weighted by Crippen LogP contribution is 2.28. The third kappa shape index (κ3) is 4.85. The van der Waals surface area contributed by atoms with E-state index in [0.29, 0.717) is 24.6 Å². The van der Waals surface area contributed by atoms with Gasteiger partial charge in [-0.25, -0.2) is 0 Å². The first-order chi connectivity index (χ1) is 13.6. The third-order valence-corrected chi connectivity index (χ3v) is 4.96. The lowest BCUT2D eigenvalue weighted by molar-refractivity contribution is -0.133. The zero-order chi connectivity index (χ0) is 19.9. The summed E-state index contributed by atoms with van der Waals surface area (Å²) in [6, 6.07) is 14.2. The first-order valence-corrected chi connectivity index (χ1v) is 9.60. The Labute approximate surface area is 167 Å². The first-order valence-electron chi connectivity index (χ1n) is 9.60. The van der Waals surface area contributed by atoms with Crippen molar-refractivity contribution in [2.45, 2.75) is 13.3 Å². The summed E-state index contributed by atoms with van der Waals surface area (Å²) in [4.78, 5) is 16.8. The van der Waals surface area contributed by atoms with Gasteiger partial charge >= 0.3 is 0 Å². The van der Waals surface area contributed by atoms with E-state index in [4.69, 9.17) is 9.47 Å². The Bertz CT molecular complexity index is 826. The van der Waals surface area contributed by atoms with E-state index in [1.165, 1.54) is 11.3 Å². The number of benzene rings is 2. The molecule has 2 aromatic rings. The maximum Gasteiger partial charge on any atom is 0.260 e. The van der Waals surface area contributed by atoms with Gasteiger partial charge < -0.3 is 19.3 Å². The van der Waals surface area contributed by atoms with Crippen molar-refractivity contribution in [1.82, 2.24) is 4.90 Å². The van der Waals surface area contributed by atoms with Gasteiger partial charge in [-0.3, -0.25) is 4.79 Å². The summed E-state index contributed by atoms with van der Waals surface area (Å²) in [5.74, 6) is 1.22. The number of hydrogen-bond acceptors (Lipinski definition) is 4. The minimum Gasteiger partial charge on any atom is -0.493 e. The van der Waals surface area contributed by atoms with Crippen molar-refractivity contribution in [1.29, 1.82) is 0 Å². The Balaban J connectivity index is 1.53. The zero-order valence-electron chi connectivity index (χ0n) is 16.7. The highest BCUT2D eigenvalue weighted by molar-refractivity contribution is 5.78. The molecule has 2 aromatic carbocycles. The largest absolute Gasteiger partial charge is 0.493 e. The van der Waals surface area contributed by atoms with Crippen molar-refractivity contribution >= 4 is 11.6 Å². The molecule has 0 N–H and O–H groups in total. The summed E-state index contributed by atoms with van der Waals surface area (Å²) in [7, 11) is 1.60. The quantitative estimate of drug-likeness (QED) is 0.690. The monoisotopic (exact) mass is 380 g/mol. The number of methoxy groups -OCH3 is 1. The van der Waals surface area contributed by atoms with Gasteiger partial charge in [-0.2, -0.15) is 0 Å². The zero-order valence-corrected chi connectivity index (χ0v) is 16.7. The number of rotatable bonds is 7. The lowest BCUT2D eigenvalue weighted by Crippen LogP contribution is -2.50. The number of carbonyl (C=O) groups is 1. The van der Waals surface area contributed by atoms with E-state index in [-0.39, 0.29) is 12.5 Å². The van der Waals surface area contributed by atoms with Crippen LogP contribution in [0.15, 0.2) is 55.1 Å². The molecule has 1 fully saturated rings. The van der Waals surface area contributed by atoms with Gasteiger partial charge in [-0.05, 0) is 48.7 Å². The van der Waals surface area contributed by atoms with E-state index in [1.54, 1.807) is 7.11 Å². The second-order valence-electron chi connectivity index (χ2n) is 6.97. The fourth-order valence-electron chi connectivity index (χ4n) is 3.39. The molecule has 5 heteroatoms. The van der Waals surface area contributed by atoms with Crippen LogP contribution in [0.5, 0.6) is 11.5 Å². The summed E-state index contributed by atoms with van der Waals surface area (Å²) in [5.41, 5.74) is 3.56. The molecule has 148 valence electrons. The van der Waals surface area contributed by atoms with Crippen molar-refractivity contribution in [3.8, 4) is 11.5 Å². The Hall–Kier alpha value is -2.95. The molecule has 0 aromatic heterocycles. The van der Waals surface area contributed by atoms with Crippen LogP contribution in [0, 0.1) is 6.92 Å². The van der Waals surface area contributed by atoms with Gasteiger partial charge in [0, 0.05) is 31.9 Å². The lowest BCUT2D eigenvalue weighted by atomic mass is 10.1. The molecule has 0 atom stereocenters. The van der Waals surface area contributed by atoms with Gasteiger partial charge in [-0.1, -0.05) is 24.3 Å². The second-order valence-corrected chi connectivity index (χ2v) is 6.97. The average molecular weight is 380 g/mol. The molecule has 1 aliphatic heterocycles. The van der Waals surface area contributed by atoms with E-state index in [2.05, 4.69) is 42.7 Å². The van der Waals surface area contributed by atoms with Crippen molar-refractivity contribution < 1.29 is 14.3 Å². The van der Waals surface area contributed by atoms with Gasteiger partial charge in [-0.15, -0.1) is 6.58 Å². The van der Waals surface area contributed by atoms with Crippen LogP contribution in [-0.2, 0) is 11.2 Å². The highest BCUT2D eigenvalue weighted by Gasteiger charge is 2.22. The van der Waals surface area contributed by atoms with E-state index >= 15 is 0 Å². The molecule has 5 nitrogen and oxygen atoms in total. The van der Waals surface area contributed by atoms with Crippen LogP contribution in [0.1, 0.15) is 11.1 Å². The molecule has 0 spiro atoms. The Kier molecular flexibility index (Phi) is 6.58. The molecule has 0 unspecified atom stereocenters. The fourth-order valence-corrected chi connectivity index (χ4v) is 3.39. The SMILES string of the molecule is C=CCc1ccc(OCC(=O)N2CCN(c3cccc(C)c3)CC2)c(OC)c1. The number of aryl methyl sites for hydroxylation is 1. The third-order valence-electron chi connectivity index (χ3n) is 4.96. The molecule has 0 radical (unpaired) electrons. The number of amides is 1. The summed E-state index contributed by atoms with van der Waals surface area (Å²) >= 11 is 0. The van der Waals surface area contributed by atoms with Crippen LogP contribution >= 0.6 is 0 Å². The molecule has 28 heavy (non-hydrogen) atoms. The van der Waals surface area contributed by atoms with Gasteiger partial charge in [0.2, 0.25) is 0 Å². The predicted molar refractivity (Wildman–Crippen MR) is 112 cm³/mol. The van der Waals surface area contributed by atoms with E-state index < -0.39 is 0 Å². The number of piperazine rings is 1. The number of carbonyl (C=O) groups excluding carboxylic acids is 1. The molecule has 1 heterocycles. The molecule has 3 rings (SSSR count). The number of allylic oxidation sites excluding steroid dienone is 1. The first kappa shape index (κ1) is 19.8. The molecule has 1 saturated heterocycles. The van der Waals surface area contributed by atoms with Gasteiger partial charge in [0.1, 0.15) is 0 Å². The second kappa shape index (κ2) is 9.31. The van der Waals surface area contributed by atoms with Crippen LogP contribution in [0.4, 0.5) is 5.69 Å². The molecule has 0 bridgehead atoms. The minimum atomic E-state index is 0.00103. The van der Waals surface area contributed by atoms with Crippen LogP contribution in [-0.4, -0.2) is 50.7 Å². The van der Waals surface area contributed by atoms with Crippen LogP contribution in [0.3, 0.4) is 0 Å². The van der Waals surface area contributed by atoms with Crippen molar-refractivity contribution in [3.05, 3.63) is 66.2 Å². The number of hydrogen-bond donors (Lipinski definition) is 0. The predicted octanol–water partition coefficient (Wildman–Crippen LogP) is 3.46. The Morgan fingerprint density at radius 1 is 1.11 bits per heavy atom. The Morgan fingerprint density at radius 2 is 1.89 bits per heavy atom. The molecule has 1 amide bonds. The maximum atomic E-state index is 12.6. The normalized spacial score (nSPS) is 13.9. The van der Waals surface area contributed by atoms with Gasteiger partial charge in [0.25, 0.3) is 5.91 Å². The van der Waals surface area contributed by atoms with Crippen LogP contribution in [0.25, 0.3) is 0 Å². The topological polar surface area (TPSA) is 42.0 Å². The number of nitrogens with zero attached hydrogens (tertiary/aromatic N) is 2. The van der Waals surface area contributed by atoms with Gasteiger partial charge in [0.05, 0.1) is 7.11 Å². The Morgan fingerprint density at radius 3 is 2.57 bits per heavy atom. The smallest absolute Gasteiger partial charge is 0.260 e.